The van der Waals surface area contributed by atoms with Gasteiger partial charge in [-0.25, -0.2) is 4.79 Å². The summed E-state index contributed by atoms with van der Waals surface area (Å²) in [5, 5.41) is 2.68. The second kappa shape index (κ2) is 6.01. The van der Waals surface area contributed by atoms with Gasteiger partial charge in [0.05, 0.1) is 18.5 Å². The summed E-state index contributed by atoms with van der Waals surface area (Å²) in [4.78, 5) is 33.8. The average molecular weight is 290 g/mol. The van der Waals surface area contributed by atoms with Gasteiger partial charge in [0.1, 0.15) is 0 Å². The van der Waals surface area contributed by atoms with Gasteiger partial charge in [0.15, 0.2) is 5.54 Å². The maximum Gasteiger partial charge on any atom is 0.325 e. The van der Waals surface area contributed by atoms with E-state index in [-0.39, 0.29) is 12.5 Å². The second-order valence-electron chi connectivity index (χ2n) is 5.05. The Bertz CT molecular complexity index is 573. The number of imide groups is 1. The van der Waals surface area contributed by atoms with Crippen LogP contribution in [0.1, 0.15) is 19.5 Å². The minimum Gasteiger partial charge on any atom is -0.380 e. The Labute approximate surface area is 123 Å². The van der Waals surface area contributed by atoms with E-state index >= 15 is 0 Å². The molecule has 0 radical (unpaired) electrons. The molecule has 1 fully saturated rings. The van der Waals surface area contributed by atoms with Crippen LogP contribution in [-0.2, 0) is 15.1 Å². The van der Waals surface area contributed by atoms with Crippen LogP contribution in [0.4, 0.5) is 4.79 Å². The number of carbonyl (C=O) groups excluding carboxylic acids is 2. The van der Waals surface area contributed by atoms with Crippen molar-refractivity contribution in [1.82, 2.24) is 20.2 Å². The number of ether oxygens (including phenoxy) is 1. The van der Waals surface area contributed by atoms with Crippen molar-refractivity contribution in [1.29, 1.82) is 0 Å². The topological polar surface area (TPSA) is 84.4 Å². The summed E-state index contributed by atoms with van der Waals surface area (Å²) in [6, 6.07) is -0.436. The molecule has 1 aliphatic heterocycles. The highest BCUT2D eigenvalue weighted by molar-refractivity contribution is 6.07. The molecule has 1 saturated heterocycles. The van der Waals surface area contributed by atoms with E-state index in [1.807, 2.05) is 6.92 Å². The highest BCUT2D eigenvalue weighted by Crippen LogP contribution is 2.26. The molecule has 112 valence electrons. The van der Waals surface area contributed by atoms with E-state index in [0.717, 1.165) is 10.5 Å². The normalized spacial score (nSPS) is 22.6. The molecule has 0 aromatic carbocycles. The van der Waals surface area contributed by atoms with Crippen LogP contribution in [-0.4, -0.2) is 47.1 Å². The lowest BCUT2D eigenvalue weighted by molar-refractivity contribution is -0.130. The molecule has 7 nitrogen and oxygen atoms in total. The van der Waals surface area contributed by atoms with Crippen molar-refractivity contribution in [2.75, 3.05) is 20.3 Å². The van der Waals surface area contributed by atoms with Gasteiger partial charge in [-0.05, 0) is 13.8 Å². The molecule has 0 spiro atoms. The number of aromatic nitrogens is 2. The predicted octanol–water partition coefficient (Wildman–Crippen LogP) is 0.836. The molecule has 0 aliphatic carbocycles. The Kier molecular flexibility index (Phi) is 4.32. The summed E-state index contributed by atoms with van der Waals surface area (Å²) < 4.78 is 4.99. The third kappa shape index (κ3) is 2.92. The summed E-state index contributed by atoms with van der Waals surface area (Å²) in [6.07, 6.45) is 6.28. The molecule has 1 unspecified atom stereocenters. The van der Waals surface area contributed by atoms with Crippen LogP contribution in [0.15, 0.2) is 30.2 Å². The molecule has 1 atom stereocenters. The fourth-order valence-electron chi connectivity index (χ4n) is 2.13. The van der Waals surface area contributed by atoms with E-state index < -0.39 is 11.6 Å². The van der Waals surface area contributed by atoms with Crippen LogP contribution >= 0.6 is 0 Å². The molecule has 1 aliphatic rings. The molecular formula is C14H18N4O3. The van der Waals surface area contributed by atoms with Crippen molar-refractivity contribution >= 4 is 11.9 Å². The molecular weight excluding hydrogens is 272 g/mol. The van der Waals surface area contributed by atoms with Crippen molar-refractivity contribution < 1.29 is 14.3 Å². The monoisotopic (exact) mass is 290 g/mol. The van der Waals surface area contributed by atoms with E-state index in [0.29, 0.717) is 12.3 Å². The molecule has 2 heterocycles. The van der Waals surface area contributed by atoms with Crippen LogP contribution in [0, 0.1) is 0 Å². The van der Waals surface area contributed by atoms with E-state index in [9.17, 15) is 9.59 Å². The maximum absolute atomic E-state index is 12.5. The number of nitrogens with zero attached hydrogens (tertiary/aromatic N) is 3. The number of amides is 3. The molecule has 3 amide bonds. The molecule has 21 heavy (non-hydrogen) atoms. The van der Waals surface area contributed by atoms with Crippen LogP contribution in [0.5, 0.6) is 0 Å². The largest absolute Gasteiger partial charge is 0.380 e. The van der Waals surface area contributed by atoms with Gasteiger partial charge in [-0.3, -0.25) is 19.7 Å². The van der Waals surface area contributed by atoms with Crippen molar-refractivity contribution in [3.8, 4) is 0 Å². The Hall–Kier alpha value is -2.28. The molecule has 2 rings (SSSR count). The first-order chi connectivity index (χ1) is 9.99. The summed E-state index contributed by atoms with van der Waals surface area (Å²) in [5.74, 6) is -0.338. The third-order valence-electron chi connectivity index (χ3n) is 3.34. The van der Waals surface area contributed by atoms with Gasteiger partial charge in [-0.2, -0.15) is 0 Å². The van der Waals surface area contributed by atoms with E-state index in [1.165, 1.54) is 18.6 Å². The van der Waals surface area contributed by atoms with Crippen molar-refractivity contribution in [3.63, 3.8) is 0 Å². The smallest absolute Gasteiger partial charge is 0.325 e. The fourth-order valence-corrected chi connectivity index (χ4v) is 2.13. The average Bonchev–Trinajstić information content (AvgIpc) is 2.69. The van der Waals surface area contributed by atoms with Crippen LogP contribution in [0.2, 0.25) is 0 Å². The molecule has 1 N–H and O–H groups in total. The Morgan fingerprint density at radius 1 is 1.48 bits per heavy atom. The zero-order valence-electron chi connectivity index (χ0n) is 12.3. The van der Waals surface area contributed by atoms with Gasteiger partial charge in [0, 0.05) is 26.0 Å². The second-order valence-corrected chi connectivity index (χ2v) is 5.05. The number of hydrogen-bond donors (Lipinski definition) is 1. The minimum absolute atomic E-state index is 0.204. The van der Waals surface area contributed by atoms with E-state index in [1.54, 1.807) is 20.1 Å². The third-order valence-corrected chi connectivity index (χ3v) is 3.34. The molecule has 1 aromatic rings. The van der Waals surface area contributed by atoms with Gasteiger partial charge in [-0.1, -0.05) is 11.6 Å². The van der Waals surface area contributed by atoms with Crippen LogP contribution < -0.4 is 5.32 Å². The lowest BCUT2D eigenvalue weighted by Gasteiger charge is -2.20. The Morgan fingerprint density at radius 2 is 2.24 bits per heavy atom. The zero-order chi connectivity index (χ0) is 15.5. The predicted molar refractivity (Wildman–Crippen MR) is 75.3 cm³/mol. The zero-order valence-corrected chi connectivity index (χ0v) is 12.3. The van der Waals surface area contributed by atoms with Crippen LogP contribution in [0.3, 0.4) is 0 Å². The summed E-state index contributed by atoms with van der Waals surface area (Å²) in [7, 11) is 1.59. The van der Waals surface area contributed by atoms with Gasteiger partial charge in [-0.15, -0.1) is 0 Å². The van der Waals surface area contributed by atoms with Crippen molar-refractivity contribution in [2.24, 2.45) is 0 Å². The fraction of sp³-hybridized carbons (Fsp3) is 0.429. The number of rotatable bonds is 5. The molecule has 7 heteroatoms. The number of urea groups is 1. The quantitative estimate of drug-likeness (QED) is 0.641. The van der Waals surface area contributed by atoms with Crippen molar-refractivity contribution in [3.05, 3.63) is 35.9 Å². The van der Waals surface area contributed by atoms with Gasteiger partial charge in [0.2, 0.25) is 0 Å². The Balaban J connectivity index is 2.19. The first-order valence-corrected chi connectivity index (χ1v) is 6.54. The van der Waals surface area contributed by atoms with Gasteiger partial charge < -0.3 is 10.1 Å². The van der Waals surface area contributed by atoms with Gasteiger partial charge in [0.25, 0.3) is 5.91 Å². The standard InChI is InChI=1S/C14H18N4O3/c1-10(9-21-3)4-7-18-12(19)14(2,17-13(18)20)11-8-15-5-6-16-11/h4-6,8H,7,9H2,1-3H3,(H,17,20)/b10-4+. The molecule has 0 bridgehead atoms. The molecule has 1 aromatic heterocycles. The van der Waals surface area contributed by atoms with Crippen LogP contribution in [0.25, 0.3) is 0 Å². The van der Waals surface area contributed by atoms with Crippen molar-refractivity contribution in [2.45, 2.75) is 19.4 Å². The highest BCUT2D eigenvalue weighted by Gasteiger charge is 2.49. The number of hydrogen-bond acceptors (Lipinski definition) is 5. The number of nitrogens with one attached hydrogen (secondary N) is 1. The maximum atomic E-state index is 12.5. The SMILES string of the molecule is COC/C(C)=C/CN1C(=O)NC(C)(c2cnccn2)C1=O. The first-order valence-electron chi connectivity index (χ1n) is 6.54. The van der Waals surface area contributed by atoms with Gasteiger partial charge >= 0.3 is 6.03 Å². The first kappa shape index (κ1) is 15.1. The summed E-state index contributed by atoms with van der Waals surface area (Å²) >= 11 is 0. The molecule has 0 saturated carbocycles. The number of methoxy groups -OCH3 is 1. The van der Waals surface area contributed by atoms with E-state index in [4.69, 9.17) is 4.74 Å². The van der Waals surface area contributed by atoms with E-state index in [2.05, 4.69) is 15.3 Å². The number of carbonyl (C=O) groups is 2. The highest BCUT2D eigenvalue weighted by atomic mass is 16.5. The summed E-state index contributed by atoms with van der Waals surface area (Å²) in [6.45, 7) is 4.17. The lowest BCUT2D eigenvalue weighted by atomic mass is 9.98. The summed E-state index contributed by atoms with van der Waals surface area (Å²) in [5.41, 5.74) is 0.198. The minimum atomic E-state index is -1.17. The lowest BCUT2D eigenvalue weighted by Crippen LogP contribution is -2.41. The Morgan fingerprint density at radius 3 is 2.86 bits per heavy atom.